The van der Waals surface area contributed by atoms with Gasteiger partial charge < -0.3 is 10.2 Å². The minimum absolute atomic E-state index is 0.155. The number of nitrogens with zero attached hydrogens (tertiary/aromatic N) is 3. The summed E-state index contributed by atoms with van der Waals surface area (Å²) < 4.78 is 17.3. The van der Waals surface area contributed by atoms with Crippen LogP contribution < -0.4 is 10.2 Å². The highest BCUT2D eigenvalue weighted by Crippen LogP contribution is 2.25. The van der Waals surface area contributed by atoms with Gasteiger partial charge in [-0.3, -0.25) is 4.68 Å². The highest BCUT2D eigenvalue weighted by Gasteiger charge is 2.16. The Morgan fingerprint density at radius 3 is 2.94 bits per heavy atom. The molecule has 0 unspecified atom stereocenters. The van der Waals surface area contributed by atoms with Gasteiger partial charge in [-0.15, -0.1) is 0 Å². The number of aromatic nitrogens is 3. The van der Waals surface area contributed by atoms with Crippen LogP contribution in [0, 0.1) is 12.7 Å². The standard InChI is InChI=1S/C24H26ClFN4O/c1-3-18(20-14-28-29(15-20)22-6-9-27-10-7-22)13-24-17(2)8-11-30(24)31-16-19-12-21(26)4-5-23(19)25/h3-5,8,11-15,22,27H,1,6-7,9-10,16H2,2H3/b18-13+. The summed E-state index contributed by atoms with van der Waals surface area (Å²) in [5, 5.41) is 8.44. The van der Waals surface area contributed by atoms with Crippen molar-refractivity contribution < 1.29 is 9.23 Å². The fourth-order valence-electron chi connectivity index (χ4n) is 3.77. The monoisotopic (exact) mass is 440 g/mol. The van der Waals surface area contributed by atoms with Gasteiger partial charge >= 0.3 is 0 Å². The Morgan fingerprint density at radius 1 is 1.35 bits per heavy atom. The molecule has 1 aromatic carbocycles. The second kappa shape index (κ2) is 9.54. The van der Waals surface area contributed by atoms with Crippen LogP contribution in [-0.2, 0) is 6.61 Å². The molecule has 2 aromatic heterocycles. The lowest BCUT2D eigenvalue weighted by atomic mass is 10.1. The van der Waals surface area contributed by atoms with Crippen molar-refractivity contribution in [2.75, 3.05) is 13.1 Å². The zero-order valence-electron chi connectivity index (χ0n) is 17.5. The van der Waals surface area contributed by atoms with E-state index >= 15 is 0 Å². The number of halogens is 2. The molecule has 1 aliphatic heterocycles. The first-order chi connectivity index (χ1) is 15.0. The van der Waals surface area contributed by atoms with Crippen molar-refractivity contribution in [3.8, 4) is 0 Å². The second-order valence-electron chi connectivity index (χ2n) is 7.71. The average Bonchev–Trinajstić information content (AvgIpc) is 3.40. The lowest BCUT2D eigenvalue weighted by Gasteiger charge is -2.22. The van der Waals surface area contributed by atoms with Gasteiger partial charge in [0.05, 0.1) is 17.9 Å². The highest BCUT2D eigenvalue weighted by molar-refractivity contribution is 6.31. The van der Waals surface area contributed by atoms with E-state index in [2.05, 4.69) is 27.9 Å². The summed E-state index contributed by atoms with van der Waals surface area (Å²) in [5.74, 6) is -0.341. The maximum atomic E-state index is 13.5. The lowest BCUT2D eigenvalue weighted by molar-refractivity contribution is 0.0964. The van der Waals surface area contributed by atoms with E-state index in [9.17, 15) is 4.39 Å². The number of aryl methyl sites for hydroxylation is 1. The molecule has 7 heteroatoms. The Balaban J connectivity index is 1.56. The molecule has 5 nitrogen and oxygen atoms in total. The predicted molar refractivity (Wildman–Crippen MR) is 122 cm³/mol. The molecule has 0 atom stereocenters. The van der Waals surface area contributed by atoms with Gasteiger partial charge in [0.15, 0.2) is 0 Å². The Hall–Kier alpha value is -2.83. The van der Waals surface area contributed by atoms with Crippen molar-refractivity contribution in [1.29, 1.82) is 0 Å². The molecule has 3 heterocycles. The Kier molecular flexibility index (Phi) is 6.59. The van der Waals surface area contributed by atoms with Crippen molar-refractivity contribution in [2.24, 2.45) is 0 Å². The highest BCUT2D eigenvalue weighted by atomic mass is 35.5. The zero-order chi connectivity index (χ0) is 21.8. The number of benzene rings is 1. The van der Waals surface area contributed by atoms with E-state index in [1.54, 1.807) is 4.73 Å². The summed E-state index contributed by atoms with van der Waals surface area (Å²) in [4.78, 5) is 5.92. The molecule has 0 amide bonds. The number of hydrogen-bond acceptors (Lipinski definition) is 3. The number of piperidine rings is 1. The van der Waals surface area contributed by atoms with Gasteiger partial charge in [-0.1, -0.05) is 24.3 Å². The lowest BCUT2D eigenvalue weighted by Crippen LogP contribution is -2.29. The number of rotatable bonds is 7. The molecule has 0 spiro atoms. The molecule has 1 aliphatic rings. The topological polar surface area (TPSA) is 44.0 Å². The largest absolute Gasteiger partial charge is 0.409 e. The van der Waals surface area contributed by atoms with E-state index in [-0.39, 0.29) is 12.4 Å². The smallest absolute Gasteiger partial charge is 0.141 e. The van der Waals surface area contributed by atoms with E-state index in [1.807, 2.05) is 37.5 Å². The molecule has 4 rings (SSSR count). The van der Waals surface area contributed by atoms with Crippen molar-refractivity contribution in [1.82, 2.24) is 19.8 Å². The third-order valence-corrected chi connectivity index (χ3v) is 5.97. The molecule has 0 saturated carbocycles. The van der Waals surface area contributed by atoms with Crippen LogP contribution in [0.4, 0.5) is 4.39 Å². The minimum Gasteiger partial charge on any atom is -0.409 e. The van der Waals surface area contributed by atoms with Crippen LogP contribution in [0.1, 0.15) is 41.3 Å². The minimum atomic E-state index is -0.341. The van der Waals surface area contributed by atoms with Crippen molar-refractivity contribution in [3.05, 3.63) is 88.7 Å². The average molecular weight is 441 g/mol. The normalized spacial score (nSPS) is 15.3. The first-order valence-electron chi connectivity index (χ1n) is 10.4. The number of hydrogen-bond donors (Lipinski definition) is 1. The fraction of sp³-hybridized carbons (Fsp3) is 0.292. The summed E-state index contributed by atoms with van der Waals surface area (Å²) in [6.45, 7) is 8.19. The summed E-state index contributed by atoms with van der Waals surface area (Å²) in [5.41, 5.74) is 4.49. The molecule has 1 fully saturated rings. The van der Waals surface area contributed by atoms with E-state index < -0.39 is 0 Å². The molecule has 0 bridgehead atoms. The van der Waals surface area contributed by atoms with Gasteiger partial charge in [0, 0.05) is 28.5 Å². The van der Waals surface area contributed by atoms with E-state index in [0.717, 1.165) is 48.3 Å². The van der Waals surface area contributed by atoms with Gasteiger partial charge in [-0.2, -0.15) is 9.83 Å². The van der Waals surface area contributed by atoms with Crippen LogP contribution in [0.3, 0.4) is 0 Å². The molecule has 1 N–H and O–H groups in total. The second-order valence-corrected chi connectivity index (χ2v) is 8.12. The van der Waals surface area contributed by atoms with Crippen LogP contribution in [-0.4, -0.2) is 27.6 Å². The van der Waals surface area contributed by atoms with Gasteiger partial charge in [0.1, 0.15) is 12.4 Å². The fourth-order valence-corrected chi connectivity index (χ4v) is 3.94. The van der Waals surface area contributed by atoms with E-state index in [0.29, 0.717) is 16.6 Å². The number of allylic oxidation sites excluding steroid dienone is 2. The van der Waals surface area contributed by atoms with Gasteiger partial charge in [-0.25, -0.2) is 4.39 Å². The predicted octanol–water partition coefficient (Wildman–Crippen LogP) is 5.07. The Morgan fingerprint density at radius 2 is 2.16 bits per heavy atom. The first kappa shape index (κ1) is 21.4. The zero-order valence-corrected chi connectivity index (χ0v) is 18.3. The molecular formula is C24H26ClFN4O. The molecular weight excluding hydrogens is 415 g/mol. The molecule has 162 valence electrons. The van der Waals surface area contributed by atoms with Crippen LogP contribution in [0.25, 0.3) is 11.6 Å². The quantitative estimate of drug-likeness (QED) is 0.522. The van der Waals surface area contributed by atoms with Crippen molar-refractivity contribution in [3.63, 3.8) is 0 Å². The third kappa shape index (κ3) is 4.92. The first-order valence-corrected chi connectivity index (χ1v) is 10.8. The molecule has 3 aromatic rings. The number of nitrogens with one attached hydrogen (secondary N) is 1. The molecule has 0 aliphatic carbocycles. The third-order valence-electron chi connectivity index (χ3n) is 5.60. The van der Waals surface area contributed by atoms with E-state index in [4.69, 9.17) is 16.4 Å². The summed E-state index contributed by atoms with van der Waals surface area (Å²) >= 11 is 6.17. The van der Waals surface area contributed by atoms with Crippen molar-refractivity contribution >= 4 is 23.3 Å². The summed E-state index contributed by atoms with van der Waals surface area (Å²) in [7, 11) is 0. The summed E-state index contributed by atoms with van der Waals surface area (Å²) in [6.07, 6.45) is 11.8. The maximum absolute atomic E-state index is 13.5. The molecule has 1 saturated heterocycles. The van der Waals surface area contributed by atoms with Crippen LogP contribution in [0.15, 0.2) is 55.5 Å². The SMILES string of the molecule is C=C/C(=C\c1c(C)ccn1OCc1cc(F)ccc1Cl)c1cnn(C2CCNCC2)c1. The Labute approximate surface area is 186 Å². The van der Waals surface area contributed by atoms with Gasteiger partial charge in [0.2, 0.25) is 0 Å². The van der Waals surface area contributed by atoms with Gasteiger partial charge in [0.25, 0.3) is 0 Å². The maximum Gasteiger partial charge on any atom is 0.141 e. The Bertz CT molecular complexity index is 1090. The van der Waals surface area contributed by atoms with Crippen LogP contribution >= 0.6 is 11.6 Å². The van der Waals surface area contributed by atoms with Crippen LogP contribution in [0.5, 0.6) is 0 Å². The van der Waals surface area contributed by atoms with E-state index in [1.165, 1.54) is 18.2 Å². The molecule has 31 heavy (non-hydrogen) atoms. The van der Waals surface area contributed by atoms with Crippen molar-refractivity contribution in [2.45, 2.75) is 32.4 Å². The van der Waals surface area contributed by atoms with Crippen LogP contribution in [0.2, 0.25) is 5.02 Å². The molecule has 0 radical (unpaired) electrons. The summed E-state index contributed by atoms with van der Waals surface area (Å²) in [6, 6.07) is 6.65. The van der Waals surface area contributed by atoms with Gasteiger partial charge in [-0.05, 0) is 74.3 Å².